The van der Waals surface area contributed by atoms with E-state index >= 15 is 0 Å². The number of aliphatic hydroxyl groups excluding tert-OH is 2. The molecule has 5 nitrogen and oxygen atoms in total. The van der Waals surface area contributed by atoms with E-state index in [1.54, 1.807) is 48.5 Å². The fourth-order valence-corrected chi connectivity index (χ4v) is 2.48. The van der Waals surface area contributed by atoms with Crippen molar-refractivity contribution in [2.24, 2.45) is 0 Å². The lowest BCUT2D eigenvalue weighted by Crippen LogP contribution is -2.33. The van der Waals surface area contributed by atoms with Crippen molar-refractivity contribution in [2.75, 3.05) is 6.61 Å². The van der Waals surface area contributed by atoms with E-state index < -0.39 is 18.3 Å². The first kappa shape index (κ1) is 17.0. The third-order valence-corrected chi connectivity index (χ3v) is 3.79. The highest BCUT2D eigenvalue weighted by molar-refractivity contribution is 5.75. The summed E-state index contributed by atoms with van der Waals surface area (Å²) < 4.78 is 0. The SMILES string of the molecule is O=Cc1ccc(C(O)(CC(O)CO)c2ccc(C=O)cc2)cc1. The Morgan fingerprint density at radius 3 is 1.57 bits per heavy atom. The smallest absolute Gasteiger partial charge is 0.150 e. The number of aliphatic hydroxyl groups is 3. The minimum Gasteiger partial charge on any atom is -0.394 e. The lowest BCUT2D eigenvalue weighted by molar-refractivity contribution is -0.00375. The van der Waals surface area contributed by atoms with Crippen LogP contribution in [0.25, 0.3) is 0 Å². The number of carbonyl (C=O) groups excluding carboxylic acids is 2. The average molecular weight is 314 g/mol. The van der Waals surface area contributed by atoms with Crippen LogP contribution in [0.15, 0.2) is 48.5 Å². The summed E-state index contributed by atoms with van der Waals surface area (Å²) in [5.74, 6) is 0. The maximum atomic E-state index is 11.1. The van der Waals surface area contributed by atoms with Crippen LogP contribution in [0.4, 0.5) is 0 Å². The van der Waals surface area contributed by atoms with Crippen LogP contribution >= 0.6 is 0 Å². The minimum atomic E-state index is -1.55. The third-order valence-electron chi connectivity index (χ3n) is 3.79. The van der Waals surface area contributed by atoms with Crippen LogP contribution in [-0.4, -0.2) is 40.6 Å². The molecule has 23 heavy (non-hydrogen) atoms. The van der Waals surface area contributed by atoms with Gasteiger partial charge in [-0.2, -0.15) is 0 Å². The van der Waals surface area contributed by atoms with E-state index in [-0.39, 0.29) is 6.42 Å². The number of aldehydes is 2. The molecule has 0 radical (unpaired) electrons. The van der Waals surface area contributed by atoms with Crippen LogP contribution in [0.1, 0.15) is 38.3 Å². The Kier molecular flexibility index (Phi) is 5.39. The molecule has 1 atom stereocenters. The van der Waals surface area contributed by atoms with Gasteiger partial charge in [0.05, 0.1) is 12.7 Å². The van der Waals surface area contributed by atoms with Crippen molar-refractivity contribution in [1.82, 2.24) is 0 Å². The Balaban J connectivity index is 2.48. The molecule has 0 heterocycles. The van der Waals surface area contributed by atoms with E-state index in [2.05, 4.69) is 0 Å². The van der Waals surface area contributed by atoms with Gasteiger partial charge in [0, 0.05) is 17.5 Å². The molecule has 0 spiro atoms. The van der Waals surface area contributed by atoms with Crippen molar-refractivity contribution in [3.05, 3.63) is 70.8 Å². The molecule has 3 N–H and O–H groups in total. The molecule has 0 fully saturated rings. The van der Waals surface area contributed by atoms with E-state index in [4.69, 9.17) is 5.11 Å². The van der Waals surface area contributed by atoms with Crippen molar-refractivity contribution >= 4 is 12.6 Å². The molecule has 2 aromatic rings. The molecule has 2 aromatic carbocycles. The first-order valence-electron chi connectivity index (χ1n) is 7.16. The minimum absolute atomic E-state index is 0.121. The van der Waals surface area contributed by atoms with Crippen LogP contribution < -0.4 is 0 Å². The highest BCUT2D eigenvalue weighted by Crippen LogP contribution is 2.34. The van der Waals surface area contributed by atoms with Gasteiger partial charge in [0.1, 0.15) is 18.2 Å². The first-order valence-corrected chi connectivity index (χ1v) is 7.16. The highest BCUT2D eigenvalue weighted by Gasteiger charge is 2.34. The Morgan fingerprint density at radius 2 is 1.26 bits per heavy atom. The van der Waals surface area contributed by atoms with Crippen molar-refractivity contribution < 1.29 is 24.9 Å². The van der Waals surface area contributed by atoms with E-state index in [0.29, 0.717) is 34.8 Å². The molecule has 0 amide bonds. The first-order chi connectivity index (χ1) is 11.0. The van der Waals surface area contributed by atoms with Crippen molar-refractivity contribution in [1.29, 1.82) is 0 Å². The zero-order chi connectivity index (χ0) is 16.9. The molecule has 0 saturated heterocycles. The molecule has 120 valence electrons. The van der Waals surface area contributed by atoms with Gasteiger partial charge in [-0.25, -0.2) is 0 Å². The van der Waals surface area contributed by atoms with Gasteiger partial charge < -0.3 is 15.3 Å². The normalized spacial score (nSPS) is 12.7. The second kappa shape index (κ2) is 7.28. The van der Waals surface area contributed by atoms with E-state index in [9.17, 15) is 19.8 Å². The van der Waals surface area contributed by atoms with Gasteiger partial charge in [-0.15, -0.1) is 0 Å². The Labute approximate surface area is 133 Å². The van der Waals surface area contributed by atoms with Crippen molar-refractivity contribution in [3.8, 4) is 0 Å². The number of hydrogen-bond donors (Lipinski definition) is 3. The Hall–Kier alpha value is -2.34. The summed E-state index contributed by atoms with van der Waals surface area (Å²) >= 11 is 0. The summed E-state index contributed by atoms with van der Waals surface area (Å²) in [5.41, 5.74) is 0.347. The predicted molar refractivity (Wildman–Crippen MR) is 84.4 cm³/mol. The summed E-state index contributed by atoms with van der Waals surface area (Å²) in [6.07, 6.45) is 0.162. The number of carbonyl (C=O) groups is 2. The van der Waals surface area contributed by atoms with Crippen LogP contribution in [0.5, 0.6) is 0 Å². The number of hydrogen-bond acceptors (Lipinski definition) is 5. The fourth-order valence-electron chi connectivity index (χ4n) is 2.48. The zero-order valence-electron chi connectivity index (χ0n) is 12.4. The van der Waals surface area contributed by atoms with Crippen LogP contribution in [0, 0.1) is 0 Å². The second-order valence-electron chi connectivity index (χ2n) is 5.38. The molecule has 5 heteroatoms. The largest absolute Gasteiger partial charge is 0.394 e. The van der Waals surface area contributed by atoms with Crippen molar-refractivity contribution in [2.45, 2.75) is 18.1 Å². The van der Waals surface area contributed by atoms with Gasteiger partial charge in [-0.05, 0) is 11.1 Å². The van der Waals surface area contributed by atoms with E-state index in [1.165, 1.54) is 0 Å². The summed E-state index contributed by atoms with van der Waals surface area (Å²) in [5, 5.41) is 30.0. The molecule has 0 saturated carbocycles. The van der Waals surface area contributed by atoms with Gasteiger partial charge in [-0.1, -0.05) is 48.5 Å². The van der Waals surface area contributed by atoms with E-state index in [1.807, 2.05) is 0 Å². The lowest BCUT2D eigenvalue weighted by atomic mass is 9.81. The van der Waals surface area contributed by atoms with Crippen LogP contribution in [0.3, 0.4) is 0 Å². The quantitative estimate of drug-likeness (QED) is 0.669. The monoisotopic (exact) mass is 314 g/mol. The average Bonchev–Trinajstić information content (AvgIpc) is 2.61. The molecule has 0 aliphatic rings. The number of benzene rings is 2. The molecule has 0 aliphatic heterocycles. The van der Waals surface area contributed by atoms with Gasteiger partial charge in [0.2, 0.25) is 0 Å². The zero-order valence-corrected chi connectivity index (χ0v) is 12.4. The fraction of sp³-hybridized carbons (Fsp3) is 0.222. The highest BCUT2D eigenvalue weighted by atomic mass is 16.3. The van der Waals surface area contributed by atoms with Crippen LogP contribution in [0.2, 0.25) is 0 Å². The summed E-state index contributed by atoms with van der Waals surface area (Å²) in [6, 6.07) is 12.7. The summed E-state index contributed by atoms with van der Waals surface area (Å²) in [6.45, 7) is -0.485. The maximum Gasteiger partial charge on any atom is 0.150 e. The molecule has 1 unspecified atom stereocenters. The van der Waals surface area contributed by atoms with Gasteiger partial charge in [-0.3, -0.25) is 9.59 Å². The van der Waals surface area contributed by atoms with E-state index in [0.717, 1.165) is 0 Å². The topological polar surface area (TPSA) is 94.8 Å². The van der Waals surface area contributed by atoms with Gasteiger partial charge >= 0.3 is 0 Å². The molecule has 2 rings (SSSR count). The van der Waals surface area contributed by atoms with Gasteiger partial charge in [0.15, 0.2) is 0 Å². The van der Waals surface area contributed by atoms with Crippen molar-refractivity contribution in [3.63, 3.8) is 0 Å². The third kappa shape index (κ3) is 3.71. The van der Waals surface area contributed by atoms with Gasteiger partial charge in [0.25, 0.3) is 0 Å². The Morgan fingerprint density at radius 1 is 0.870 bits per heavy atom. The summed E-state index contributed by atoms with van der Waals surface area (Å²) in [7, 11) is 0. The predicted octanol–water partition coefficient (Wildman–Crippen LogP) is 1.29. The maximum absolute atomic E-state index is 11.1. The molecule has 0 aliphatic carbocycles. The summed E-state index contributed by atoms with van der Waals surface area (Å²) in [4.78, 5) is 21.5. The molecular weight excluding hydrogens is 296 g/mol. The number of rotatable bonds is 7. The second-order valence-corrected chi connectivity index (χ2v) is 5.38. The molecular formula is C18H18O5. The molecule has 0 aromatic heterocycles. The van der Waals surface area contributed by atoms with Crippen LogP contribution in [-0.2, 0) is 5.60 Å². The Bertz CT molecular complexity index is 609. The lowest BCUT2D eigenvalue weighted by Gasteiger charge is -2.31. The standard InChI is InChI=1S/C18H18O5/c19-10-13-1-5-15(6-2-13)18(23,9-17(22)12-21)16-7-3-14(11-20)4-8-16/h1-8,10-11,17,21-23H,9,12H2. The molecule has 0 bridgehead atoms.